The molecule has 9 heteroatoms. The minimum Gasteiger partial charge on any atom is -0.497 e. The van der Waals surface area contributed by atoms with E-state index in [0.29, 0.717) is 22.8 Å². The molecule has 0 saturated heterocycles. The Bertz CT molecular complexity index is 1030. The standard InChI is InChI=1S/C21H22N4O4S/c1-25-18(11-14-7-9-17(28-2)10-8-14)23-24-21(25)30-13-19(26)22-16-6-4-5-15(12-16)20(27)29-3/h4-10,12H,11,13H2,1-3H3,(H,22,26). The Kier molecular flexibility index (Phi) is 7.08. The van der Waals surface area contributed by atoms with Crippen LogP contribution >= 0.6 is 11.8 Å². The van der Waals surface area contributed by atoms with Crippen molar-refractivity contribution in [3.05, 3.63) is 65.5 Å². The van der Waals surface area contributed by atoms with E-state index >= 15 is 0 Å². The lowest BCUT2D eigenvalue weighted by molar-refractivity contribution is -0.113. The van der Waals surface area contributed by atoms with Crippen LogP contribution in [0, 0.1) is 0 Å². The summed E-state index contributed by atoms with van der Waals surface area (Å²) in [5.74, 6) is 1.10. The zero-order valence-electron chi connectivity index (χ0n) is 16.9. The molecule has 0 aliphatic carbocycles. The Morgan fingerprint density at radius 1 is 1.10 bits per heavy atom. The number of aromatic nitrogens is 3. The predicted octanol–water partition coefficient (Wildman–Crippen LogP) is 2.93. The lowest BCUT2D eigenvalue weighted by Gasteiger charge is -2.07. The van der Waals surface area contributed by atoms with Crippen molar-refractivity contribution in [1.82, 2.24) is 14.8 Å². The SMILES string of the molecule is COC(=O)c1cccc(NC(=O)CSc2nnc(Cc3ccc(OC)cc3)n2C)c1. The average molecular weight is 426 g/mol. The summed E-state index contributed by atoms with van der Waals surface area (Å²) >= 11 is 1.29. The fourth-order valence-electron chi connectivity index (χ4n) is 2.72. The number of esters is 1. The molecule has 8 nitrogen and oxygen atoms in total. The third-order valence-corrected chi connectivity index (χ3v) is 5.37. The van der Waals surface area contributed by atoms with Gasteiger partial charge in [-0.05, 0) is 35.9 Å². The number of anilines is 1. The van der Waals surface area contributed by atoms with Gasteiger partial charge in [-0.15, -0.1) is 10.2 Å². The molecule has 30 heavy (non-hydrogen) atoms. The first-order valence-corrected chi connectivity index (χ1v) is 10.1. The normalized spacial score (nSPS) is 10.5. The van der Waals surface area contributed by atoms with Crippen LogP contribution in [-0.4, -0.2) is 46.6 Å². The van der Waals surface area contributed by atoms with Gasteiger partial charge in [0, 0.05) is 19.2 Å². The lowest BCUT2D eigenvalue weighted by Crippen LogP contribution is -2.15. The van der Waals surface area contributed by atoms with Crippen molar-refractivity contribution >= 4 is 29.3 Å². The zero-order chi connectivity index (χ0) is 21.5. The quantitative estimate of drug-likeness (QED) is 0.437. The molecule has 0 atom stereocenters. The van der Waals surface area contributed by atoms with Crippen LogP contribution in [0.15, 0.2) is 53.7 Å². The number of benzene rings is 2. The molecule has 3 aromatic rings. The monoisotopic (exact) mass is 426 g/mol. The fourth-order valence-corrected chi connectivity index (χ4v) is 3.45. The summed E-state index contributed by atoms with van der Waals surface area (Å²) in [5.41, 5.74) is 1.99. The molecular formula is C21H22N4O4S. The van der Waals surface area contributed by atoms with Gasteiger partial charge in [0.25, 0.3) is 0 Å². The van der Waals surface area contributed by atoms with E-state index in [1.165, 1.54) is 18.9 Å². The molecule has 1 aromatic heterocycles. The van der Waals surface area contributed by atoms with Crippen LogP contribution in [0.4, 0.5) is 5.69 Å². The van der Waals surface area contributed by atoms with Crippen molar-refractivity contribution < 1.29 is 19.1 Å². The number of hydrogen-bond donors (Lipinski definition) is 1. The average Bonchev–Trinajstić information content (AvgIpc) is 3.11. The van der Waals surface area contributed by atoms with E-state index in [-0.39, 0.29) is 11.7 Å². The first-order valence-electron chi connectivity index (χ1n) is 9.12. The minimum absolute atomic E-state index is 0.164. The van der Waals surface area contributed by atoms with E-state index in [0.717, 1.165) is 17.1 Å². The molecule has 1 heterocycles. The van der Waals surface area contributed by atoms with Crippen molar-refractivity contribution in [3.8, 4) is 5.75 Å². The number of carbonyl (C=O) groups is 2. The Hall–Kier alpha value is -3.33. The Morgan fingerprint density at radius 2 is 1.87 bits per heavy atom. The van der Waals surface area contributed by atoms with Crippen LogP contribution < -0.4 is 10.1 Å². The zero-order valence-corrected chi connectivity index (χ0v) is 17.7. The van der Waals surface area contributed by atoms with Crippen molar-refractivity contribution in [2.75, 3.05) is 25.3 Å². The maximum atomic E-state index is 12.3. The van der Waals surface area contributed by atoms with Crippen LogP contribution in [0.5, 0.6) is 5.75 Å². The summed E-state index contributed by atoms with van der Waals surface area (Å²) < 4.78 is 11.7. The van der Waals surface area contributed by atoms with Crippen molar-refractivity contribution in [3.63, 3.8) is 0 Å². The van der Waals surface area contributed by atoms with Gasteiger partial charge in [-0.2, -0.15) is 0 Å². The number of rotatable bonds is 8. The third-order valence-electron chi connectivity index (χ3n) is 4.35. The summed E-state index contributed by atoms with van der Waals surface area (Å²) in [5, 5.41) is 11.8. The van der Waals surface area contributed by atoms with Gasteiger partial charge in [-0.3, -0.25) is 4.79 Å². The topological polar surface area (TPSA) is 95.3 Å². The maximum absolute atomic E-state index is 12.3. The molecule has 2 aromatic carbocycles. The van der Waals surface area contributed by atoms with Crippen LogP contribution in [0.1, 0.15) is 21.7 Å². The molecule has 0 aliphatic heterocycles. The number of nitrogens with one attached hydrogen (secondary N) is 1. The van der Waals surface area contributed by atoms with Crippen molar-refractivity contribution in [2.24, 2.45) is 7.05 Å². The highest BCUT2D eigenvalue weighted by Crippen LogP contribution is 2.19. The summed E-state index contributed by atoms with van der Waals surface area (Å²) in [6, 6.07) is 14.4. The molecule has 1 amide bonds. The number of amides is 1. The van der Waals surface area contributed by atoms with Crippen LogP contribution in [0.25, 0.3) is 0 Å². The molecular weight excluding hydrogens is 404 g/mol. The predicted molar refractivity (Wildman–Crippen MR) is 114 cm³/mol. The Balaban J connectivity index is 1.57. The van der Waals surface area contributed by atoms with Gasteiger partial charge in [0.15, 0.2) is 5.16 Å². The summed E-state index contributed by atoms with van der Waals surface area (Å²) in [6.07, 6.45) is 0.626. The molecule has 0 fully saturated rings. The Morgan fingerprint density at radius 3 is 2.57 bits per heavy atom. The van der Waals surface area contributed by atoms with E-state index in [1.807, 2.05) is 35.9 Å². The number of carbonyl (C=O) groups excluding carboxylic acids is 2. The van der Waals surface area contributed by atoms with Crippen molar-refractivity contribution in [2.45, 2.75) is 11.6 Å². The van der Waals surface area contributed by atoms with Gasteiger partial charge >= 0.3 is 5.97 Å². The van der Waals surface area contributed by atoms with Gasteiger partial charge in [0.1, 0.15) is 11.6 Å². The highest BCUT2D eigenvalue weighted by molar-refractivity contribution is 7.99. The smallest absolute Gasteiger partial charge is 0.337 e. The first-order chi connectivity index (χ1) is 14.5. The molecule has 1 N–H and O–H groups in total. The van der Waals surface area contributed by atoms with E-state index in [9.17, 15) is 9.59 Å². The van der Waals surface area contributed by atoms with Crippen LogP contribution in [0.3, 0.4) is 0 Å². The molecule has 3 rings (SSSR count). The number of nitrogens with zero attached hydrogens (tertiary/aromatic N) is 3. The summed E-state index contributed by atoms with van der Waals surface area (Å²) in [7, 11) is 4.82. The second kappa shape index (κ2) is 9.93. The molecule has 0 saturated carbocycles. The molecule has 0 aliphatic rings. The van der Waals surface area contributed by atoms with E-state index in [1.54, 1.807) is 31.4 Å². The van der Waals surface area contributed by atoms with E-state index < -0.39 is 5.97 Å². The Labute approximate surface area is 178 Å². The fraction of sp³-hybridized carbons (Fsp3) is 0.238. The van der Waals surface area contributed by atoms with Crippen molar-refractivity contribution in [1.29, 1.82) is 0 Å². The van der Waals surface area contributed by atoms with Gasteiger partial charge in [0.05, 0.1) is 25.5 Å². The minimum atomic E-state index is -0.455. The molecule has 0 unspecified atom stereocenters. The number of thioether (sulfide) groups is 1. The van der Waals surface area contributed by atoms with Gasteiger partial charge < -0.3 is 19.4 Å². The largest absolute Gasteiger partial charge is 0.497 e. The second-order valence-corrected chi connectivity index (χ2v) is 7.33. The molecule has 0 radical (unpaired) electrons. The van der Waals surface area contributed by atoms with E-state index in [4.69, 9.17) is 9.47 Å². The number of ether oxygens (including phenoxy) is 2. The summed E-state index contributed by atoms with van der Waals surface area (Å²) in [4.78, 5) is 23.9. The molecule has 0 bridgehead atoms. The number of methoxy groups -OCH3 is 2. The van der Waals surface area contributed by atoms with E-state index in [2.05, 4.69) is 15.5 Å². The lowest BCUT2D eigenvalue weighted by atomic mass is 10.1. The highest BCUT2D eigenvalue weighted by Gasteiger charge is 2.13. The maximum Gasteiger partial charge on any atom is 0.337 e. The first kappa shape index (κ1) is 21.4. The molecule has 0 spiro atoms. The van der Waals surface area contributed by atoms with Gasteiger partial charge in [0.2, 0.25) is 5.91 Å². The van der Waals surface area contributed by atoms with Gasteiger partial charge in [-0.1, -0.05) is 30.0 Å². The van der Waals surface area contributed by atoms with Gasteiger partial charge in [-0.25, -0.2) is 4.79 Å². The second-order valence-electron chi connectivity index (χ2n) is 6.39. The van der Waals surface area contributed by atoms with Crippen LogP contribution in [-0.2, 0) is 23.0 Å². The summed E-state index contributed by atoms with van der Waals surface area (Å²) in [6.45, 7) is 0. The number of hydrogen-bond acceptors (Lipinski definition) is 7. The molecule has 156 valence electrons. The highest BCUT2D eigenvalue weighted by atomic mass is 32.2. The van der Waals surface area contributed by atoms with Crippen LogP contribution in [0.2, 0.25) is 0 Å². The third kappa shape index (κ3) is 5.38.